The van der Waals surface area contributed by atoms with Crippen molar-refractivity contribution >= 4 is 38.6 Å². The smallest absolute Gasteiger partial charge is 0.0714 e. The van der Waals surface area contributed by atoms with Gasteiger partial charge in [-0.25, -0.2) is 0 Å². The average Bonchev–Trinajstić information content (AvgIpc) is 3.75. The predicted molar refractivity (Wildman–Crippen MR) is 256 cm³/mol. The summed E-state index contributed by atoms with van der Waals surface area (Å²) in [6.07, 6.45) is 0. The Hall–Kier alpha value is -7.48. The van der Waals surface area contributed by atoms with Crippen molar-refractivity contribution in [2.24, 2.45) is 0 Å². The van der Waals surface area contributed by atoms with Gasteiger partial charge in [0, 0.05) is 22.2 Å². The van der Waals surface area contributed by atoms with Gasteiger partial charge < -0.3 is 4.90 Å². The Balaban J connectivity index is 1.11. The molecule has 10 aromatic carbocycles. The van der Waals surface area contributed by atoms with Gasteiger partial charge >= 0.3 is 0 Å². The number of fused-ring (bicyclic) bond motifs is 9. The molecule has 0 N–H and O–H groups in total. The van der Waals surface area contributed by atoms with Gasteiger partial charge in [0.2, 0.25) is 0 Å². The normalized spacial score (nSPS) is 14.0. The van der Waals surface area contributed by atoms with E-state index >= 15 is 0 Å². The highest BCUT2D eigenvalue weighted by molar-refractivity contribution is 6.14. The van der Waals surface area contributed by atoms with E-state index in [1.54, 1.807) is 0 Å². The summed E-state index contributed by atoms with van der Waals surface area (Å²) >= 11 is 0. The molecule has 0 aliphatic heterocycles. The van der Waals surface area contributed by atoms with Crippen LogP contribution < -0.4 is 4.90 Å². The van der Waals surface area contributed by atoms with Gasteiger partial charge in [-0.1, -0.05) is 208 Å². The topological polar surface area (TPSA) is 3.24 Å². The molecular formula is C60H43N. The minimum atomic E-state index is -0.511. The first kappa shape index (κ1) is 35.5. The van der Waals surface area contributed by atoms with Crippen LogP contribution in [-0.4, -0.2) is 0 Å². The molecule has 0 amide bonds. The zero-order valence-electron chi connectivity index (χ0n) is 34.3. The summed E-state index contributed by atoms with van der Waals surface area (Å²) in [6, 6.07) is 83.6. The minimum Gasteiger partial charge on any atom is -0.310 e. The second kappa shape index (κ2) is 13.5. The second-order valence-electron chi connectivity index (χ2n) is 17.2. The monoisotopic (exact) mass is 777 g/mol. The number of benzene rings is 10. The summed E-state index contributed by atoms with van der Waals surface area (Å²) in [5.41, 5.74) is 18.4. The van der Waals surface area contributed by atoms with Gasteiger partial charge in [-0.2, -0.15) is 0 Å². The Morgan fingerprint density at radius 3 is 1.62 bits per heavy atom. The summed E-state index contributed by atoms with van der Waals surface area (Å²) in [6.45, 7) is 4.71. The molecule has 0 atom stereocenters. The molecule has 0 heterocycles. The van der Waals surface area contributed by atoms with E-state index in [1.165, 1.54) is 88.3 Å². The van der Waals surface area contributed by atoms with Crippen molar-refractivity contribution in [3.63, 3.8) is 0 Å². The quantitative estimate of drug-likeness (QED) is 0.152. The van der Waals surface area contributed by atoms with E-state index in [2.05, 4.69) is 243 Å². The van der Waals surface area contributed by atoms with E-state index in [-0.39, 0.29) is 5.41 Å². The van der Waals surface area contributed by atoms with Crippen LogP contribution in [0, 0.1) is 0 Å². The van der Waals surface area contributed by atoms with Crippen LogP contribution in [0.3, 0.4) is 0 Å². The Morgan fingerprint density at radius 2 is 0.885 bits per heavy atom. The number of nitrogens with zero attached hydrogens (tertiary/aromatic N) is 1. The van der Waals surface area contributed by atoms with Crippen LogP contribution in [-0.2, 0) is 10.8 Å². The van der Waals surface area contributed by atoms with Gasteiger partial charge in [-0.15, -0.1) is 0 Å². The Kier molecular flexibility index (Phi) is 7.86. The van der Waals surface area contributed by atoms with Crippen LogP contribution in [0.4, 0.5) is 17.1 Å². The van der Waals surface area contributed by atoms with Crippen molar-refractivity contribution in [1.29, 1.82) is 0 Å². The van der Waals surface area contributed by atoms with Gasteiger partial charge in [-0.3, -0.25) is 0 Å². The highest BCUT2D eigenvalue weighted by Gasteiger charge is 2.46. The number of anilines is 3. The van der Waals surface area contributed by atoms with E-state index in [1.807, 2.05) is 0 Å². The highest BCUT2D eigenvalue weighted by Crippen LogP contribution is 2.58. The average molecular weight is 778 g/mol. The molecule has 10 aromatic rings. The fraction of sp³-hybridized carbons (Fsp3) is 0.0667. The molecule has 0 aromatic heterocycles. The molecule has 0 saturated carbocycles. The van der Waals surface area contributed by atoms with Crippen molar-refractivity contribution in [1.82, 2.24) is 0 Å². The summed E-state index contributed by atoms with van der Waals surface area (Å²) in [5.74, 6) is 0. The molecule has 61 heavy (non-hydrogen) atoms. The molecular weight excluding hydrogens is 735 g/mol. The molecule has 0 spiro atoms. The van der Waals surface area contributed by atoms with Crippen LogP contribution in [0.2, 0.25) is 0 Å². The van der Waals surface area contributed by atoms with Crippen LogP contribution in [0.25, 0.3) is 54.9 Å². The number of rotatable bonds is 6. The van der Waals surface area contributed by atoms with Gasteiger partial charge in [0.1, 0.15) is 0 Å². The molecule has 12 rings (SSSR count). The van der Waals surface area contributed by atoms with Crippen molar-refractivity contribution < 1.29 is 0 Å². The third-order valence-corrected chi connectivity index (χ3v) is 13.7. The van der Waals surface area contributed by atoms with E-state index in [4.69, 9.17) is 0 Å². The lowest BCUT2D eigenvalue weighted by molar-refractivity contribution is 0.660. The molecule has 2 aliphatic rings. The molecule has 0 bridgehead atoms. The Labute approximate surface area is 357 Å². The van der Waals surface area contributed by atoms with Crippen LogP contribution in [0.1, 0.15) is 47.2 Å². The number of hydrogen-bond acceptors (Lipinski definition) is 1. The highest BCUT2D eigenvalue weighted by atomic mass is 15.1. The van der Waals surface area contributed by atoms with Gasteiger partial charge in [0.15, 0.2) is 0 Å². The van der Waals surface area contributed by atoms with Crippen LogP contribution in [0.5, 0.6) is 0 Å². The second-order valence-corrected chi connectivity index (χ2v) is 17.2. The molecule has 0 radical (unpaired) electrons. The van der Waals surface area contributed by atoms with Gasteiger partial charge in [0.25, 0.3) is 0 Å². The molecule has 2 aliphatic carbocycles. The lowest BCUT2D eigenvalue weighted by atomic mass is 9.67. The maximum atomic E-state index is 2.50. The van der Waals surface area contributed by atoms with Crippen LogP contribution >= 0.6 is 0 Å². The minimum absolute atomic E-state index is 0.0578. The van der Waals surface area contributed by atoms with E-state index in [0.717, 1.165) is 17.1 Å². The predicted octanol–water partition coefficient (Wildman–Crippen LogP) is 15.8. The molecule has 0 unspecified atom stereocenters. The van der Waals surface area contributed by atoms with Crippen molar-refractivity contribution in [2.75, 3.05) is 4.90 Å². The first-order chi connectivity index (χ1) is 30.0. The molecule has 0 saturated heterocycles. The van der Waals surface area contributed by atoms with Crippen molar-refractivity contribution in [2.45, 2.75) is 24.7 Å². The van der Waals surface area contributed by atoms with E-state index in [9.17, 15) is 0 Å². The lowest BCUT2D eigenvalue weighted by Gasteiger charge is -2.35. The van der Waals surface area contributed by atoms with Crippen LogP contribution in [0.15, 0.2) is 224 Å². The fourth-order valence-electron chi connectivity index (χ4n) is 11.0. The summed E-state index contributed by atoms with van der Waals surface area (Å²) in [4.78, 5) is 2.50. The van der Waals surface area contributed by atoms with E-state index < -0.39 is 5.41 Å². The molecule has 1 heteroatoms. The SMILES string of the molecule is CC1(C)c2ccccc2-c2c(-c3ccc(N(c4ccc5c(c4)C(c4ccccc4)(c4ccccc4)c4ccccc4-5)c4cc5ccccc5c5ccccc45)cc3)cccc21. The standard InChI is InChI=1S/C60H43N/c1-59(2)53-29-15-14-27-52(53)58-47(28-17-31-55(58)59)40-32-34-44(35-33-40)61(57-38-41-18-9-10-23-46(41)48-24-11-12-26-51(48)57)45-36-37-50-49-25-13-16-30-54(49)60(56(50)39-45,42-19-5-3-6-20-42)43-21-7-4-8-22-43/h3-39H,1-2H3. The Bertz CT molecular complexity index is 3280. The first-order valence-electron chi connectivity index (χ1n) is 21.4. The third-order valence-electron chi connectivity index (χ3n) is 13.7. The largest absolute Gasteiger partial charge is 0.310 e. The maximum absolute atomic E-state index is 2.50. The summed E-state index contributed by atoms with van der Waals surface area (Å²) in [5, 5.41) is 4.94. The zero-order valence-corrected chi connectivity index (χ0v) is 34.3. The maximum Gasteiger partial charge on any atom is 0.0714 e. The summed E-state index contributed by atoms with van der Waals surface area (Å²) in [7, 11) is 0. The molecule has 0 fully saturated rings. The van der Waals surface area contributed by atoms with Gasteiger partial charge in [0.05, 0.1) is 11.1 Å². The van der Waals surface area contributed by atoms with E-state index in [0.29, 0.717) is 0 Å². The van der Waals surface area contributed by atoms with Crippen molar-refractivity contribution in [3.05, 3.63) is 258 Å². The van der Waals surface area contributed by atoms with Crippen molar-refractivity contribution in [3.8, 4) is 33.4 Å². The number of hydrogen-bond donors (Lipinski definition) is 0. The summed E-state index contributed by atoms with van der Waals surface area (Å²) < 4.78 is 0. The van der Waals surface area contributed by atoms with Gasteiger partial charge in [-0.05, 0) is 113 Å². The Morgan fingerprint density at radius 1 is 0.344 bits per heavy atom. The lowest BCUT2D eigenvalue weighted by Crippen LogP contribution is -2.28. The molecule has 1 nitrogen and oxygen atoms in total. The fourth-order valence-corrected chi connectivity index (χ4v) is 11.0. The first-order valence-corrected chi connectivity index (χ1v) is 21.4. The zero-order chi connectivity index (χ0) is 40.7. The molecule has 288 valence electrons. The third kappa shape index (κ3) is 5.14.